The average Bonchev–Trinajstić information content (AvgIpc) is 2.44. The Morgan fingerprint density at radius 1 is 1.15 bits per heavy atom. The van der Waals surface area contributed by atoms with Crippen LogP contribution in [0.5, 0.6) is 5.75 Å². The third-order valence-electron chi connectivity index (χ3n) is 2.86. The zero-order valence-corrected chi connectivity index (χ0v) is 12.9. The van der Waals surface area contributed by atoms with Crippen LogP contribution in [0.25, 0.3) is 0 Å². The molecule has 0 fully saturated rings. The van der Waals surface area contributed by atoms with Crippen LogP contribution in [0.1, 0.15) is 18.1 Å². The highest BCUT2D eigenvalue weighted by molar-refractivity contribution is 9.10. The van der Waals surface area contributed by atoms with Gasteiger partial charge in [0.1, 0.15) is 6.61 Å². The van der Waals surface area contributed by atoms with Crippen molar-refractivity contribution in [3.63, 3.8) is 0 Å². The smallest absolute Gasteiger partial charge is 0.165 e. The lowest BCUT2D eigenvalue weighted by Crippen LogP contribution is -2.11. The largest absolute Gasteiger partial charge is 0.486 e. The van der Waals surface area contributed by atoms with Crippen LogP contribution < -0.4 is 10.1 Å². The minimum Gasteiger partial charge on any atom is -0.486 e. The van der Waals surface area contributed by atoms with E-state index in [9.17, 15) is 4.39 Å². The number of halogens is 2. The molecule has 106 valence electrons. The fourth-order valence-electron chi connectivity index (χ4n) is 1.83. The van der Waals surface area contributed by atoms with Gasteiger partial charge < -0.3 is 10.1 Å². The van der Waals surface area contributed by atoms with Crippen LogP contribution in [0, 0.1) is 5.82 Å². The molecule has 0 amide bonds. The van der Waals surface area contributed by atoms with Crippen LogP contribution in [0.15, 0.2) is 46.9 Å². The molecule has 0 radical (unpaired) electrons. The van der Waals surface area contributed by atoms with E-state index in [1.165, 1.54) is 6.07 Å². The average molecular weight is 338 g/mol. The molecule has 0 unspecified atom stereocenters. The molecule has 2 nitrogen and oxygen atoms in total. The van der Waals surface area contributed by atoms with Gasteiger partial charge in [0.25, 0.3) is 0 Å². The predicted molar refractivity (Wildman–Crippen MR) is 82.3 cm³/mol. The Morgan fingerprint density at radius 2 is 2.00 bits per heavy atom. The molecule has 2 aromatic rings. The Morgan fingerprint density at radius 3 is 2.70 bits per heavy atom. The molecule has 2 rings (SSSR count). The number of rotatable bonds is 6. The SMILES string of the molecule is CCNCc1ccc(OCc2cccc(Br)c2)c(F)c1. The lowest BCUT2D eigenvalue weighted by Gasteiger charge is -2.09. The molecule has 4 heteroatoms. The van der Waals surface area contributed by atoms with Crippen LogP contribution in [0.4, 0.5) is 4.39 Å². The van der Waals surface area contributed by atoms with Crippen LogP contribution in [0.3, 0.4) is 0 Å². The Kier molecular flexibility index (Phi) is 5.56. The first-order valence-corrected chi connectivity index (χ1v) is 7.34. The number of hydrogen-bond donors (Lipinski definition) is 1. The second-order valence-corrected chi connectivity index (χ2v) is 5.38. The number of ether oxygens (including phenoxy) is 1. The minimum atomic E-state index is -0.324. The summed E-state index contributed by atoms with van der Waals surface area (Å²) in [4.78, 5) is 0. The van der Waals surface area contributed by atoms with Gasteiger partial charge in [-0.15, -0.1) is 0 Å². The van der Waals surface area contributed by atoms with E-state index >= 15 is 0 Å². The molecule has 0 spiro atoms. The summed E-state index contributed by atoms with van der Waals surface area (Å²) in [5.74, 6) is -0.0411. The van der Waals surface area contributed by atoms with Crippen molar-refractivity contribution in [3.8, 4) is 5.75 Å². The van der Waals surface area contributed by atoms with Crippen molar-refractivity contribution in [2.75, 3.05) is 6.54 Å². The van der Waals surface area contributed by atoms with Crippen molar-refractivity contribution < 1.29 is 9.13 Å². The predicted octanol–water partition coefficient (Wildman–Crippen LogP) is 4.28. The normalized spacial score (nSPS) is 10.6. The first kappa shape index (κ1) is 15.0. The summed E-state index contributed by atoms with van der Waals surface area (Å²) in [7, 11) is 0. The van der Waals surface area contributed by atoms with Crippen LogP contribution >= 0.6 is 15.9 Å². The topological polar surface area (TPSA) is 21.3 Å². The van der Waals surface area contributed by atoms with Gasteiger partial charge >= 0.3 is 0 Å². The third kappa shape index (κ3) is 4.32. The zero-order chi connectivity index (χ0) is 14.4. The van der Waals surface area contributed by atoms with Crippen molar-refractivity contribution in [3.05, 3.63) is 63.9 Å². The first-order chi connectivity index (χ1) is 9.69. The summed E-state index contributed by atoms with van der Waals surface area (Å²) in [5, 5.41) is 3.16. The highest BCUT2D eigenvalue weighted by Crippen LogP contribution is 2.20. The number of hydrogen-bond acceptors (Lipinski definition) is 2. The van der Waals surface area contributed by atoms with E-state index in [2.05, 4.69) is 21.2 Å². The van der Waals surface area contributed by atoms with Gasteiger partial charge in [0.15, 0.2) is 11.6 Å². The van der Waals surface area contributed by atoms with Gasteiger partial charge in [0.05, 0.1) is 0 Å². The second-order valence-electron chi connectivity index (χ2n) is 4.46. The van der Waals surface area contributed by atoms with Crippen molar-refractivity contribution in [2.45, 2.75) is 20.1 Å². The van der Waals surface area contributed by atoms with Crippen molar-refractivity contribution in [2.24, 2.45) is 0 Å². The van der Waals surface area contributed by atoms with Gasteiger partial charge in [-0.05, 0) is 41.9 Å². The van der Waals surface area contributed by atoms with E-state index in [-0.39, 0.29) is 11.6 Å². The van der Waals surface area contributed by atoms with E-state index in [1.54, 1.807) is 6.07 Å². The summed E-state index contributed by atoms with van der Waals surface area (Å²) in [6.45, 7) is 3.90. The Labute approximate surface area is 127 Å². The quantitative estimate of drug-likeness (QED) is 0.849. The Balaban J connectivity index is 1.99. The van der Waals surface area contributed by atoms with Gasteiger partial charge in [0, 0.05) is 11.0 Å². The standard InChI is InChI=1S/C16H17BrFNO/c1-2-19-10-12-6-7-16(15(18)9-12)20-11-13-4-3-5-14(17)8-13/h3-9,19H,2,10-11H2,1H3. The summed E-state index contributed by atoms with van der Waals surface area (Å²) < 4.78 is 20.4. The van der Waals surface area contributed by atoms with Crippen molar-refractivity contribution in [1.82, 2.24) is 5.32 Å². The second kappa shape index (κ2) is 7.41. The first-order valence-electron chi connectivity index (χ1n) is 6.55. The minimum absolute atomic E-state index is 0.283. The monoisotopic (exact) mass is 337 g/mol. The molecule has 20 heavy (non-hydrogen) atoms. The van der Waals surface area contributed by atoms with Crippen LogP contribution in [-0.4, -0.2) is 6.54 Å². The van der Waals surface area contributed by atoms with E-state index in [1.807, 2.05) is 37.3 Å². The van der Waals surface area contributed by atoms with Crippen molar-refractivity contribution >= 4 is 15.9 Å². The molecule has 0 bridgehead atoms. The molecule has 1 N–H and O–H groups in total. The number of nitrogens with one attached hydrogen (secondary N) is 1. The maximum atomic E-state index is 13.9. The Bertz CT molecular complexity index is 574. The van der Waals surface area contributed by atoms with Gasteiger partial charge in [-0.3, -0.25) is 0 Å². The molecular formula is C16H17BrFNO. The van der Waals surface area contributed by atoms with Crippen LogP contribution in [-0.2, 0) is 13.2 Å². The molecule has 0 aromatic heterocycles. The highest BCUT2D eigenvalue weighted by Gasteiger charge is 2.05. The molecule has 0 atom stereocenters. The summed E-state index contributed by atoms with van der Waals surface area (Å²) >= 11 is 3.40. The van der Waals surface area contributed by atoms with Crippen molar-refractivity contribution in [1.29, 1.82) is 0 Å². The molecule has 0 heterocycles. The van der Waals surface area contributed by atoms with E-state index < -0.39 is 0 Å². The summed E-state index contributed by atoms with van der Waals surface area (Å²) in [6, 6.07) is 12.8. The molecular weight excluding hydrogens is 321 g/mol. The van der Waals surface area contributed by atoms with E-state index in [0.29, 0.717) is 13.2 Å². The van der Waals surface area contributed by atoms with E-state index in [0.717, 1.165) is 22.1 Å². The Hall–Kier alpha value is -1.39. The lowest BCUT2D eigenvalue weighted by molar-refractivity contribution is 0.290. The maximum absolute atomic E-state index is 13.9. The summed E-state index contributed by atoms with van der Waals surface area (Å²) in [5.41, 5.74) is 1.91. The number of benzene rings is 2. The lowest BCUT2D eigenvalue weighted by atomic mass is 10.2. The summed E-state index contributed by atoms with van der Waals surface area (Å²) in [6.07, 6.45) is 0. The maximum Gasteiger partial charge on any atom is 0.165 e. The van der Waals surface area contributed by atoms with Crippen LogP contribution in [0.2, 0.25) is 0 Å². The molecule has 0 saturated carbocycles. The molecule has 2 aromatic carbocycles. The third-order valence-corrected chi connectivity index (χ3v) is 3.35. The fraction of sp³-hybridized carbons (Fsp3) is 0.250. The van der Waals surface area contributed by atoms with Gasteiger partial charge in [-0.2, -0.15) is 0 Å². The highest BCUT2D eigenvalue weighted by atomic mass is 79.9. The fourth-order valence-corrected chi connectivity index (χ4v) is 2.28. The van der Waals surface area contributed by atoms with Gasteiger partial charge in [0.2, 0.25) is 0 Å². The zero-order valence-electron chi connectivity index (χ0n) is 11.3. The molecule has 0 saturated heterocycles. The van der Waals surface area contributed by atoms with E-state index in [4.69, 9.17) is 4.74 Å². The van der Waals surface area contributed by atoms with Gasteiger partial charge in [-0.25, -0.2) is 4.39 Å². The van der Waals surface area contributed by atoms with Gasteiger partial charge in [-0.1, -0.05) is 41.1 Å². The molecule has 0 aliphatic carbocycles. The molecule has 0 aliphatic rings. The molecule has 0 aliphatic heterocycles.